The Hall–Kier alpha value is -3.37. The first-order chi connectivity index (χ1) is 12.4. The summed E-state index contributed by atoms with van der Waals surface area (Å²) >= 11 is 5.77. The summed E-state index contributed by atoms with van der Waals surface area (Å²) in [5, 5.41) is 12.7. The highest BCUT2D eigenvalue weighted by Crippen LogP contribution is 2.31. The summed E-state index contributed by atoms with van der Waals surface area (Å²) in [5.74, 6) is -0.874. The lowest BCUT2D eigenvalue weighted by molar-refractivity contribution is 0.100. The minimum Gasteiger partial charge on any atom is -0.496 e. The Morgan fingerprint density at radius 2 is 2.23 bits per heavy atom. The zero-order valence-corrected chi connectivity index (χ0v) is 14.2. The number of pyridine rings is 1. The van der Waals surface area contributed by atoms with Crippen molar-refractivity contribution in [2.45, 2.75) is 0 Å². The van der Waals surface area contributed by atoms with Gasteiger partial charge in [-0.15, -0.1) is 0 Å². The predicted octanol–water partition coefficient (Wildman–Crippen LogP) is 3.55. The van der Waals surface area contributed by atoms with Crippen LogP contribution in [0.5, 0.6) is 5.75 Å². The molecule has 129 valence electrons. The Kier molecular flexibility index (Phi) is 4.61. The number of anilines is 2. The highest BCUT2D eigenvalue weighted by atomic mass is 35.5. The Labute approximate surface area is 153 Å². The first-order valence-electron chi connectivity index (χ1n) is 7.30. The van der Waals surface area contributed by atoms with Crippen LogP contribution in [0.15, 0.2) is 30.3 Å². The standard InChI is InChI=1S/C18H11ClFN4O2/c1-26-10-3-4-11-15(7-10)24-18(12(8-21)16(11)17(22)25)23-9-2-5-14(20)13(19)6-9/h2,4-7H,1H3,(H2,22,25)(H,23,24). The second-order valence-corrected chi connectivity index (χ2v) is 5.65. The van der Waals surface area contributed by atoms with Crippen molar-refractivity contribution in [1.29, 1.82) is 5.26 Å². The number of rotatable bonds is 4. The molecule has 0 spiro atoms. The summed E-state index contributed by atoms with van der Waals surface area (Å²) in [6.07, 6.45) is 0. The number of primary amides is 1. The minimum absolute atomic E-state index is 0.00658. The number of methoxy groups -OCH3 is 1. The van der Waals surface area contributed by atoms with Gasteiger partial charge in [0.25, 0.3) is 5.91 Å². The van der Waals surface area contributed by atoms with Crippen molar-refractivity contribution in [1.82, 2.24) is 4.98 Å². The normalized spacial score (nSPS) is 10.4. The minimum atomic E-state index is -0.785. The van der Waals surface area contributed by atoms with Gasteiger partial charge in [0.1, 0.15) is 29.0 Å². The number of nitrogens with two attached hydrogens (primary N) is 1. The van der Waals surface area contributed by atoms with Crippen LogP contribution in [-0.4, -0.2) is 18.0 Å². The zero-order valence-electron chi connectivity index (χ0n) is 13.4. The number of carbonyl (C=O) groups is 1. The van der Waals surface area contributed by atoms with E-state index in [-0.39, 0.29) is 22.0 Å². The number of nitrogens with one attached hydrogen (secondary N) is 1. The third-order valence-electron chi connectivity index (χ3n) is 3.65. The molecule has 26 heavy (non-hydrogen) atoms. The summed E-state index contributed by atoms with van der Waals surface area (Å²) in [6.45, 7) is 0. The highest BCUT2D eigenvalue weighted by Gasteiger charge is 2.20. The van der Waals surface area contributed by atoms with Crippen LogP contribution in [0, 0.1) is 23.2 Å². The topological polar surface area (TPSA) is 101 Å². The molecule has 1 aromatic heterocycles. The van der Waals surface area contributed by atoms with Gasteiger partial charge in [-0.3, -0.25) is 4.79 Å². The fourth-order valence-corrected chi connectivity index (χ4v) is 2.65. The van der Waals surface area contributed by atoms with E-state index in [1.54, 1.807) is 6.07 Å². The van der Waals surface area contributed by atoms with Crippen LogP contribution in [0.1, 0.15) is 15.9 Å². The van der Waals surface area contributed by atoms with Gasteiger partial charge >= 0.3 is 0 Å². The smallest absolute Gasteiger partial charge is 0.250 e. The first kappa shape index (κ1) is 17.5. The fraction of sp³-hybridized carbons (Fsp3) is 0.0556. The molecule has 0 fully saturated rings. The summed E-state index contributed by atoms with van der Waals surface area (Å²) < 4.78 is 18.4. The number of halogens is 2. The van der Waals surface area contributed by atoms with Crippen molar-refractivity contribution in [3.63, 3.8) is 0 Å². The molecule has 3 rings (SSSR count). The lowest BCUT2D eigenvalue weighted by Gasteiger charge is -2.13. The molecule has 3 aromatic rings. The first-order valence-corrected chi connectivity index (χ1v) is 7.67. The van der Waals surface area contributed by atoms with Crippen LogP contribution in [0.3, 0.4) is 0 Å². The molecule has 1 radical (unpaired) electrons. The van der Waals surface area contributed by atoms with E-state index in [9.17, 15) is 14.4 Å². The van der Waals surface area contributed by atoms with E-state index < -0.39 is 11.7 Å². The van der Waals surface area contributed by atoms with Gasteiger partial charge in [-0.25, -0.2) is 9.37 Å². The van der Waals surface area contributed by atoms with Gasteiger partial charge in [-0.05, 0) is 24.3 Å². The van der Waals surface area contributed by atoms with E-state index in [2.05, 4.69) is 16.4 Å². The molecule has 0 bridgehead atoms. The van der Waals surface area contributed by atoms with Gasteiger partial charge < -0.3 is 15.8 Å². The number of nitrogens with zero attached hydrogens (tertiary/aromatic N) is 2. The zero-order chi connectivity index (χ0) is 18.8. The fourth-order valence-electron chi connectivity index (χ4n) is 2.47. The molecule has 1 amide bonds. The molecule has 2 aromatic carbocycles. The molecule has 0 atom stereocenters. The van der Waals surface area contributed by atoms with Crippen molar-refractivity contribution in [3.8, 4) is 11.8 Å². The maximum absolute atomic E-state index is 13.3. The number of benzene rings is 2. The predicted molar refractivity (Wildman–Crippen MR) is 95.1 cm³/mol. The molecule has 8 heteroatoms. The summed E-state index contributed by atoms with van der Waals surface area (Å²) in [5.41, 5.74) is 6.21. The molecule has 0 aliphatic carbocycles. The van der Waals surface area contributed by atoms with E-state index >= 15 is 0 Å². The van der Waals surface area contributed by atoms with Crippen LogP contribution >= 0.6 is 11.6 Å². The number of fused-ring (bicyclic) bond motifs is 1. The average Bonchev–Trinajstić information content (AvgIpc) is 2.62. The molecular weight excluding hydrogens is 359 g/mol. The van der Waals surface area contributed by atoms with E-state index in [1.807, 2.05) is 6.07 Å². The second kappa shape index (κ2) is 6.86. The SMILES string of the molecule is COc1[c]cc2c(C(N)=O)c(C#N)c(Nc3ccc(F)c(Cl)c3)nc2c1. The Bertz CT molecular complexity index is 1080. The Morgan fingerprint density at radius 1 is 1.46 bits per heavy atom. The molecule has 3 N–H and O–H groups in total. The van der Waals surface area contributed by atoms with E-state index in [0.717, 1.165) is 0 Å². The van der Waals surface area contributed by atoms with E-state index in [4.69, 9.17) is 22.1 Å². The average molecular weight is 370 g/mol. The second-order valence-electron chi connectivity index (χ2n) is 5.24. The van der Waals surface area contributed by atoms with Crippen LogP contribution in [0.4, 0.5) is 15.9 Å². The molecular formula is C18H11ClFN4O2. The van der Waals surface area contributed by atoms with Crippen molar-refractivity contribution in [2.75, 3.05) is 12.4 Å². The number of carbonyl (C=O) groups excluding carboxylic acids is 1. The maximum Gasteiger partial charge on any atom is 0.250 e. The van der Waals surface area contributed by atoms with Crippen molar-refractivity contribution in [2.24, 2.45) is 5.73 Å². The largest absolute Gasteiger partial charge is 0.496 e. The van der Waals surface area contributed by atoms with Gasteiger partial charge in [0.15, 0.2) is 0 Å². The van der Waals surface area contributed by atoms with Gasteiger partial charge in [0, 0.05) is 23.2 Å². The molecule has 1 heterocycles. The van der Waals surface area contributed by atoms with Crippen molar-refractivity contribution in [3.05, 3.63) is 58.4 Å². The third kappa shape index (κ3) is 3.10. The van der Waals surface area contributed by atoms with Crippen LogP contribution < -0.4 is 15.8 Å². The number of hydrogen-bond donors (Lipinski definition) is 2. The lowest BCUT2D eigenvalue weighted by atomic mass is 10.0. The highest BCUT2D eigenvalue weighted by molar-refractivity contribution is 6.31. The maximum atomic E-state index is 13.3. The quantitative estimate of drug-likeness (QED) is 0.732. The monoisotopic (exact) mass is 369 g/mol. The van der Waals surface area contributed by atoms with E-state index in [0.29, 0.717) is 22.3 Å². The molecule has 6 nitrogen and oxygen atoms in total. The number of amides is 1. The third-order valence-corrected chi connectivity index (χ3v) is 3.94. The number of nitriles is 1. The van der Waals surface area contributed by atoms with Crippen LogP contribution in [0.25, 0.3) is 10.9 Å². The van der Waals surface area contributed by atoms with Gasteiger partial charge in [0.05, 0.1) is 23.2 Å². The van der Waals surface area contributed by atoms with E-state index in [1.165, 1.54) is 31.4 Å². The van der Waals surface area contributed by atoms with Gasteiger partial charge in [-0.2, -0.15) is 5.26 Å². The van der Waals surface area contributed by atoms with Crippen LogP contribution in [-0.2, 0) is 0 Å². The van der Waals surface area contributed by atoms with Crippen molar-refractivity contribution < 1.29 is 13.9 Å². The van der Waals surface area contributed by atoms with Gasteiger partial charge in [0.2, 0.25) is 0 Å². The summed E-state index contributed by atoms with van der Waals surface area (Å²) in [4.78, 5) is 16.3. The molecule has 0 aliphatic rings. The molecule has 0 unspecified atom stereocenters. The van der Waals surface area contributed by atoms with Crippen molar-refractivity contribution >= 4 is 39.9 Å². The lowest BCUT2D eigenvalue weighted by Crippen LogP contribution is -2.15. The number of ether oxygens (including phenoxy) is 1. The van der Waals surface area contributed by atoms with Crippen LogP contribution in [0.2, 0.25) is 5.02 Å². The number of hydrogen-bond acceptors (Lipinski definition) is 5. The Balaban J connectivity index is 2.24. The Morgan fingerprint density at radius 3 is 2.85 bits per heavy atom. The van der Waals surface area contributed by atoms with Gasteiger partial charge in [-0.1, -0.05) is 11.6 Å². The summed E-state index contributed by atoms with van der Waals surface area (Å²) in [6, 6.07) is 11.8. The molecule has 0 aliphatic heterocycles. The molecule has 0 saturated heterocycles. The molecule has 0 saturated carbocycles. The number of aromatic nitrogens is 1. The summed E-state index contributed by atoms with van der Waals surface area (Å²) in [7, 11) is 1.47.